The Morgan fingerprint density at radius 1 is 1.59 bits per heavy atom. The molecule has 1 aliphatic rings. The highest BCUT2D eigenvalue weighted by Crippen LogP contribution is 2.38. The van der Waals surface area contributed by atoms with Crippen molar-refractivity contribution >= 4 is 17.3 Å². The Morgan fingerprint density at radius 3 is 2.82 bits per heavy atom. The van der Waals surface area contributed by atoms with E-state index < -0.39 is 5.97 Å². The maximum Gasteiger partial charge on any atom is 0.389 e. The number of thiophene rings is 1. The lowest BCUT2D eigenvalue weighted by atomic mass is 10.1. The first-order valence-corrected chi connectivity index (χ1v) is 6.28. The standard InChI is InChI=1S/C9H10FNO3S.C2H6/c1-4-7-6(2-5(11)3-13-7)15-8(4)9(12)14-10;1-2/h5H,2-3,11H2,1H3;1-2H3. The van der Waals surface area contributed by atoms with Gasteiger partial charge in [-0.15, -0.1) is 11.3 Å². The van der Waals surface area contributed by atoms with Gasteiger partial charge >= 0.3 is 5.97 Å². The summed E-state index contributed by atoms with van der Waals surface area (Å²) in [5.41, 5.74) is 6.34. The Balaban J connectivity index is 0.000000686. The predicted octanol–water partition coefficient (Wildman–Crippen LogP) is 2.39. The molecule has 2 N–H and O–H groups in total. The van der Waals surface area contributed by atoms with Crippen LogP contribution in [0.4, 0.5) is 4.53 Å². The van der Waals surface area contributed by atoms with Crippen LogP contribution in [0.3, 0.4) is 0 Å². The predicted molar refractivity (Wildman–Crippen MR) is 64.1 cm³/mol. The van der Waals surface area contributed by atoms with Gasteiger partial charge in [-0.1, -0.05) is 13.8 Å². The summed E-state index contributed by atoms with van der Waals surface area (Å²) < 4.78 is 17.2. The molecule has 1 aromatic rings. The van der Waals surface area contributed by atoms with Gasteiger partial charge in [-0.05, 0) is 6.92 Å². The van der Waals surface area contributed by atoms with E-state index in [1.807, 2.05) is 13.8 Å². The molecule has 6 heteroatoms. The minimum absolute atomic E-state index is 0.0650. The zero-order valence-electron chi connectivity index (χ0n) is 10.1. The summed E-state index contributed by atoms with van der Waals surface area (Å²) in [7, 11) is 0. The Morgan fingerprint density at radius 2 is 2.24 bits per heavy atom. The smallest absolute Gasteiger partial charge is 0.389 e. The van der Waals surface area contributed by atoms with Crippen molar-refractivity contribution in [2.75, 3.05) is 6.61 Å². The summed E-state index contributed by atoms with van der Waals surface area (Å²) in [6.45, 7) is 6.13. The Bertz CT molecular complexity index is 406. The molecule has 2 heterocycles. The van der Waals surface area contributed by atoms with Gasteiger partial charge in [0.25, 0.3) is 0 Å². The first-order valence-electron chi connectivity index (χ1n) is 5.47. The van der Waals surface area contributed by atoms with Crippen LogP contribution in [0.15, 0.2) is 0 Å². The number of carbonyl (C=O) groups excluding carboxylic acids is 1. The van der Waals surface area contributed by atoms with Crippen LogP contribution in [0.1, 0.15) is 34.0 Å². The van der Waals surface area contributed by atoms with Gasteiger partial charge in [-0.25, -0.2) is 9.74 Å². The van der Waals surface area contributed by atoms with E-state index in [0.29, 0.717) is 24.3 Å². The fourth-order valence-corrected chi connectivity index (χ4v) is 2.81. The summed E-state index contributed by atoms with van der Waals surface area (Å²) in [4.78, 5) is 15.4. The summed E-state index contributed by atoms with van der Waals surface area (Å²) in [5.74, 6) is -0.314. The lowest BCUT2D eigenvalue weighted by Gasteiger charge is -2.19. The molecule has 0 aliphatic carbocycles. The normalized spacial score (nSPS) is 17.4. The van der Waals surface area contributed by atoms with E-state index in [1.54, 1.807) is 6.92 Å². The Labute approximate surface area is 103 Å². The van der Waals surface area contributed by atoms with Crippen LogP contribution in [0.5, 0.6) is 5.75 Å². The molecule has 0 saturated heterocycles. The maximum atomic E-state index is 11.8. The van der Waals surface area contributed by atoms with Gasteiger partial charge in [0.1, 0.15) is 17.2 Å². The first-order chi connectivity index (χ1) is 8.13. The van der Waals surface area contributed by atoms with Crippen molar-refractivity contribution in [3.63, 3.8) is 0 Å². The van der Waals surface area contributed by atoms with Crippen LogP contribution in [-0.2, 0) is 11.4 Å². The molecule has 1 aliphatic heterocycles. The number of halogens is 1. The van der Waals surface area contributed by atoms with Gasteiger partial charge in [0.05, 0.1) is 0 Å². The van der Waals surface area contributed by atoms with Crippen molar-refractivity contribution in [3.8, 4) is 5.75 Å². The molecule has 96 valence electrons. The summed E-state index contributed by atoms with van der Waals surface area (Å²) in [6, 6.07) is -0.0650. The van der Waals surface area contributed by atoms with Gasteiger partial charge in [0, 0.05) is 27.4 Å². The summed E-state index contributed by atoms with van der Waals surface area (Å²) in [5, 5.41) is 0. The maximum absolute atomic E-state index is 11.8. The highest BCUT2D eigenvalue weighted by Gasteiger charge is 2.27. The monoisotopic (exact) mass is 261 g/mol. The van der Waals surface area contributed by atoms with Crippen molar-refractivity contribution in [1.82, 2.24) is 0 Å². The molecular formula is C11H16FNO3S. The van der Waals surface area contributed by atoms with Gasteiger partial charge in [-0.3, -0.25) is 0 Å². The molecule has 0 saturated carbocycles. The second kappa shape index (κ2) is 5.97. The van der Waals surface area contributed by atoms with Crippen LogP contribution in [0.2, 0.25) is 0 Å². The second-order valence-corrected chi connectivity index (χ2v) is 4.55. The van der Waals surface area contributed by atoms with Crippen molar-refractivity contribution in [3.05, 3.63) is 15.3 Å². The summed E-state index contributed by atoms with van der Waals surface area (Å²) in [6.07, 6.45) is 0.653. The van der Waals surface area contributed by atoms with Crippen molar-refractivity contribution in [2.24, 2.45) is 5.73 Å². The van der Waals surface area contributed by atoms with Gasteiger partial charge in [-0.2, -0.15) is 0 Å². The van der Waals surface area contributed by atoms with Crippen LogP contribution in [-0.4, -0.2) is 18.6 Å². The molecule has 1 atom stereocenters. The van der Waals surface area contributed by atoms with Crippen LogP contribution in [0, 0.1) is 6.92 Å². The first kappa shape index (κ1) is 13.9. The molecule has 0 bridgehead atoms. The second-order valence-electron chi connectivity index (χ2n) is 3.45. The SMILES string of the molecule is CC.Cc1c(C(=O)OF)sc2c1OCC(N)C2. The zero-order chi connectivity index (χ0) is 13.0. The molecule has 0 fully saturated rings. The van der Waals surface area contributed by atoms with Crippen molar-refractivity contribution in [1.29, 1.82) is 0 Å². The van der Waals surface area contributed by atoms with E-state index in [1.165, 1.54) is 11.3 Å². The van der Waals surface area contributed by atoms with E-state index >= 15 is 0 Å². The minimum Gasteiger partial charge on any atom is -0.490 e. The fraction of sp³-hybridized carbons (Fsp3) is 0.545. The third kappa shape index (κ3) is 2.76. The number of nitrogens with two attached hydrogens (primary N) is 1. The van der Waals surface area contributed by atoms with Crippen molar-refractivity contribution in [2.45, 2.75) is 33.2 Å². The molecule has 0 amide bonds. The topological polar surface area (TPSA) is 61.5 Å². The number of rotatable bonds is 1. The molecule has 0 spiro atoms. The van der Waals surface area contributed by atoms with E-state index in [-0.39, 0.29) is 10.9 Å². The number of fused-ring (bicyclic) bond motifs is 1. The van der Waals surface area contributed by atoms with Crippen molar-refractivity contribution < 1.29 is 19.0 Å². The van der Waals surface area contributed by atoms with Crippen LogP contribution in [0.25, 0.3) is 0 Å². The molecule has 2 rings (SSSR count). The lowest BCUT2D eigenvalue weighted by molar-refractivity contribution is -0.0784. The largest absolute Gasteiger partial charge is 0.490 e. The number of ether oxygens (including phenoxy) is 1. The molecule has 0 aromatic carbocycles. The number of hydrogen-bond acceptors (Lipinski definition) is 5. The Hall–Kier alpha value is -1.14. The zero-order valence-corrected chi connectivity index (χ0v) is 10.9. The van der Waals surface area contributed by atoms with E-state index in [0.717, 1.165) is 4.88 Å². The lowest BCUT2D eigenvalue weighted by Crippen LogP contribution is -2.33. The molecule has 1 unspecified atom stereocenters. The van der Waals surface area contributed by atoms with Gasteiger partial charge < -0.3 is 10.5 Å². The minimum atomic E-state index is -0.968. The van der Waals surface area contributed by atoms with Gasteiger partial charge in [0.2, 0.25) is 0 Å². The van der Waals surface area contributed by atoms with Gasteiger partial charge in [0.15, 0.2) is 0 Å². The van der Waals surface area contributed by atoms with Crippen LogP contribution < -0.4 is 10.5 Å². The average Bonchev–Trinajstić information content (AvgIpc) is 2.68. The number of carbonyl (C=O) groups is 1. The summed E-state index contributed by atoms with van der Waals surface area (Å²) >= 11 is 1.18. The molecule has 4 nitrogen and oxygen atoms in total. The molecule has 17 heavy (non-hydrogen) atoms. The van der Waals surface area contributed by atoms with E-state index in [4.69, 9.17) is 10.5 Å². The average molecular weight is 261 g/mol. The van der Waals surface area contributed by atoms with Crippen LogP contribution >= 0.6 is 11.3 Å². The number of hydrogen-bond donors (Lipinski definition) is 1. The Kier molecular flexibility index (Phi) is 4.89. The highest BCUT2D eigenvalue weighted by atomic mass is 32.1. The molecule has 1 aromatic heterocycles. The quantitative estimate of drug-likeness (QED) is 0.843. The fourth-order valence-electron chi connectivity index (χ4n) is 1.60. The van der Waals surface area contributed by atoms with E-state index in [2.05, 4.69) is 4.94 Å². The third-order valence-electron chi connectivity index (χ3n) is 2.30. The molecule has 0 radical (unpaired) electrons. The highest BCUT2D eigenvalue weighted by molar-refractivity contribution is 7.14. The third-order valence-corrected chi connectivity index (χ3v) is 3.58. The van der Waals surface area contributed by atoms with E-state index in [9.17, 15) is 9.32 Å². The molecular weight excluding hydrogens is 245 g/mol.